The van der Waals surface area contributed by atoms with E-state index in [2.05, 4.69) is 15.3 Å². The second-order valence-electron chi connectivity index (χ2n) is 6.54. The highest BCUT2D eigenvalue weighted by Crippen LogP contribution is 2.26. The molecule has 1 N–H and O–H groups in total. The van der Waals surface area contributed by atoms with E-state index in [4.69, 9.17) is 9.47 Å². The van der Waals surface area contributed by atoms with E-state index >= 15 is 0 Å². The molecule has 1 unspecified atom stereocenters. The number of aromatic nitrogens is 2. The Morgan fingerprint density at radius 2 is 2.04 bits per heavy atom. The van der Waals surface area contributed by atoms with Gasteiger partial charge in [0.2, 0.25) is 0 Å². The third-order valence-electron chi connectivity index (χ3n) is 4.36. The van der Waals surface area contributed by atoms with Crippen LogP contribution in [-0.4, -0.2) is 61.3 Å². The minimum absolute atomic E-state index is 0.127. The molecule has 0 spiro atoms. The van der Waals surface area contributed by atoms with E-state index in [9.17, 15) is 4.79 Å². The summed E-state index contributed by atoms with van der Waals surface area (Å²) in [6.07, 6.45) is 4.84. The van der Waals surface area contributed by atoms with Crippen LogP contribution < -0.4 is 19.7 Å². The number of methoxy groups -OCH3 is 1. The zero-order valence-corrected chi connectivity index (χ0v) is 15.9. The third-order valence-corrected chi connectivity index (χ3v) is 4.36. The number of nitrogens with one attached hydrogen (secondary N) is 1. The van der Waals surface area contributed by atoms with Gasteiger partial charge in [-0.15, -0.1) is 0 Å². The molecule has 1 aromatic carbocycles. The van der Waals surface area contributed by atoms with Crippen molar-refractivity contribution in [2.24, 2.45) is 0 Å². The molecule has 1 aromatic heterocycles. The summed E-state index contributed by atoms with van der Waals surface area (Å²) in [7, 11) is 5.37. The zero-order valence-electron chi connectivity index (χ0n) is 15.9. The number of ether oxygens (including phenoxy) is 2. The molecular weight excluding hydrogens is 346 g/mol. The predicted octanol–water partition coefficient (Wildman–Crippen LogP) is 2.63. The molecule has 8 nitrogen and oxygen atoms in total. The van der Waals surface area contributed by atoms with Crippen LogP contribution in [0.4, 0.5) is 16.3 Å². The first-order valence-corrected chi connectivity index (χ1v) is 8.92. The number of anilines is 2. The summed E-state index contributed by atoms with van der Waals surface area (Å²) in [5, 5.41) is 2.92. The van der Waals surface area contributed by atoms with Crippen molar-refractivity contribution >= 4 is 17.5 Å². The number of likely N-dealkylation sites (tertiary alicyclic amines) is 1. The summed E-state index contributed by atoms with van der Waals surface area (Å²) in [4.78, 5) is 24.9. The summed E-state index contributed by atoms with van der Waals surface area (Å²) in [5.74, 6) is 1.79. The normalized spacial score (nSPS) is 16.6. The molecule has 1 aliphatic heterocycles. The van der Waals surface area contributed by atoms with Gasteiger partial charge in [-0.2, -0.15) is 0 Å². The third kappa shape index (κ3) is 4.58. The van der Waals surface area contributed by atoms with E-state index in [0.717, 1.165) is 12.8 Å². The maximum atomic E-state index is 12.7. The molecule has 1 atom stereocenters. The van der Waals surface area contributed by atoms with Gasteiger partial charge in [-0.05, 0) is 25.0 Å². The van der Waals surface area contributed by atoms with Gasteiger partial charge >= 0.3 is 6.03 Å². The summed E-state index contributed by atoms with van der Waals surface area (Å²) in [6, 6.07) is 7.19. The number of hydrogen-bond donors (Lipinski definition) is 1. The number of amides is 2. The molecule has 0 radical (unpaired) electrons. The van der Waals surface area contributed by atoms with Gasteiger partial charge in [0.15, 0.2) is 5.82 Å². The van der Waals surface area contributed by atoms with E-state index in [1.165, 1.54) is 0 Å². The maximum Gasteiger partial charge on any atom is 0.322 e. The van der Waals surface area contributed by atoms with Crippen LogP contribution in [0, 0.1) is 0 Å². The van der Waals surface area contributed by atoms with Crippen LogP contribution in [0.2, 0.25) is 0 Å². The zero-order chi connectivity index (χ0) is 19.2. The van der Waals surface area contributed by atoms with Crippen molar-refractivity contribution in [3.63, 3.8) is 0 Å². The molecule has 2 aromatic rings. The van der Waals surface area contributed by atoms with E-state index in [1.54, 1.807) is 24.4 Å². The summed E-state index contributed by atoms with van der Waals surface area (Å²) in [6.45, 7) is 1.17. The van der Waals surface area contributed by atoms with Crippen LogP contribution in [0.3, 0.4) is 0 Å². The van der Waals surface area contributed by atoms with Gasteiger partial charge in [0.25, 0.3) is 5.88 Å². The van der Waals surface area contributed by atoms with Crippen LogP contribution >= 0.6 is 0 Å². The molecule has 8 heteroatoms. The fraction of sp³-hybridized carbons (Fsp3) is 0.421. The van der Waals surface area contributed by atoms with Gasteiger partial charge in [-0.25, -0.2) is 14.8 Å². The van der Waals surface area contributed by atoms with Gasteiger partial charge < -0.3 is 24.6 Å². The number of hydrogen-bond acceptors (Lipinski definition) is 6. The van der Waals surface area contributed by atoms with Crippen molar-refractivity contribution in [2.45, 2.75) is 18.9 Å². The Morgan fingerprint density at radius 1 is 1.26 bits per heavy atom. The maximum absolute atomic E-state index is 12.7. The second-order valence-corrected chi connectivity index (χ2v) is 6.54. The molecule has 1 saturated heterocycles. The predicted molar refractivity (Wildman–Crippen MR) is 104 cm³/mol. The minimum atomic E-state index is -0.167. The number of para-hydroxylation sites is 2. The fourth-order valence-electron chi connectivity index (χ4n) is 3.03. The summed E-state index contributed by atoms with van der Waals surface area (Å²) >= 11 is 0. The molecule has 0 saturated carbocycles. The summed E-state index contributed by atoms with van der Waals surface area (Å²) < 4.78 is 11.4. The highest BCUT2D eigenvalue weighted by atomic mass is 16.5. The van der Waals surface area contributed by atoms with Crippen LogP contribution in [0.1, 0.15) is 12.8 Å². The van der Waals surface area contributed by atoms with E-state index in [-0.39, 0.29) is 12.1 Å². The van der Waals surface area contributed by atoms with E-state index in [0.29, 0.717) is 36.2 Å². The molecule has 0 bridgehead atoms. The van der Waals surface area contributed by atoms with Crippen LogP contribution in [0.15, 0.2) is 36.7 Å². The smallest absolute Gasteiger partial charge is 0.322 e. The monoisotopic (exact) mass is 371 g/mol. The van der Waals surface area contributed by atoms with Gasteiger partial charge in [-0.1, -0.05) is 12.1 Å². The van der Waals surface area contributed by atoms with Crippen LogP contribution in [0.5, 0.6) is 11.6 Å². The van der Waals surface area contributed by atoms with Crippen molar-refractivity contribution in [1.82, 2.24) is 14.9 Å². The molecule has 144 valence electrons. The van der Waals surface area contributed by atoms with E-state index in [1.807, 2.05) is 43.3 Å². The Balaban J connectivity index is 1.65. The topological polar surface area (TPSA) is 79.8 Å². The Hall–Kier alpha value is -3.03. The number of carbonyl (C=O) groups excluding carboxylic acids is 1. The molecule has 2 heterocycles. The van der Waals surface area contributed by atoms with Crippen molar-refractivity contribution in [3.8, 4) is 11.6 Å². The number of rotatable bonds is 5. The number of piperidine rings is 1. The molecule has 0 aliphatic carbocycles. The molecule has 2 amide bonds. The Labute approximate surface area is 159 Å². The number of carbonyl (C=O) groups is 1. The first-order chi connectivity index (χ1) is 13.1. The van der Waals surface area contributed by atoms with Crippen molar-refractivity contribution in [2.75, 3.05) is 44.5 Å². The molecular formula is C19H25N5O3. The van der Waals surface area contributed by atoms with Gasteiger partial charge in [0.05, 0.1) is 19.3 Å². The Kier molecular flexibility index (Phi) is 5.95. The number of urea groups is 1. The number of nitrogens with zero attached hydrogens (tertiary/aromatic N) is 4. The van der Waals surface area contributed by atoms with Crippen molar-refractivity contribution in [1.29, 1.82) is 0 Å². The lowest BCUT2D eigenvalue weighted by Crippen LogP contribution is -2.46. The van der Waals surface area contributed by atoms with Gasteiger partial charge in [0, 0.05) is 33.0 Å². The van der Waals surface area contributed by atoms with Crippen molar-refractivity contribution in [3.05, 3.63) is 36.7 Å². The quantitative estimate of drug-likeness (QED) is 0.870. The second kappa shape index (κ2) is 8.57. The minimum Gasteiger partial charge on any atom is -0.495 e. The Morgan fingerprint density at radius 3 is 2.81 bits per heavy atom. The lowest BCUT2D eigenvalue weighted by Gasteiger charge is -2.33. The first-order valence-electron chi connectivity index (χ1n) is 8.92. The molecule has 27 heavy (non-hydrogen) atoms. The molecule has 3 rings (SSSR count). The summed E-state index contributed by atoms with van der Waals surface area (Å²) in [5.41, 5.74) is 0.650. The number of benzene rings is 1. The fourth-order valence-corrected chi connectivity index (χ4v) is 3.03. The van der Waals surface area contributed by atoms with Crippen molar-refractivity contribution < 1.29 is 14.3 Å². The van der Waals surface area contributed by atoms with Crippen LogP contribution in [-0.2, 0) is 0 Å². The van der Waals surface area contributed by atoms with E-state index < -0.39 is 0 Å². The highest BCUT2D eigenvalue weighted by Gasteiger charge is 2.26. The SMILES string of the molecule is COc1ccccc1NC(=O)N1CCCC(Oc2nccnc2N(C)C)C1. The first kappa shape index (κ1) is 18.8. The largest absolute Gasteiger partial charge is 0.495 e. The average molecular weight is 371 g/mol. The Bertz CT molecular complexity index is 783. The molecule has 1 fully saturated rings. The molecule has 1 aliphatic rings. The lowest BCUT2D eigenvalue weighted by molar-refractivity contribution is 0.103. The average Bonchev–Trinajstić information content (AvgIpc) is 2.69. The van der Waals surface area contributed by atoms with Crippen LogP contribution in [0.25, 0.3) is 0 Å². The van der Waals surface area contributed by atoms with Gasteiger partial charge in [0.1, 0.15) is 11.9 Å². The highest BCUT2D eigenvalue weighted by molar-refractivity contribution is 5.91. The lowest BCUT2D eigenvalue weighted by atomic mass is 10.1. The van der Waals surface area contributed by atoms with Gasteiger partial charge in [-0.3, -0.25) is 0 Å². The standard InChI is InChI=1S/C19H25N5O3/c1-23(2)17-18(21-11-10-20-17)27-14-7-6-12-24(13-14)19(25)22-15-8-4-5-9-16(15)26-3/h4-5,8-11,14H,6-7,12-13H2,1-3H3,(H,22,25).